The van der Waals surface area contributed by atoms with Gasteiger partial charge in [-0.25, -0.2) is 4.98 Å². The minimum Gasteiger partial charge on any atom is -0.387 e. The Balaban J connectivity index is 2.02. The summed E-state index contributed by atoms with van der Waals surface area (Å²) in [5, 5.41) is 11.7. The first kappa shape index (κ1) is 12.7. The number of aliphatic hydroxyl groups excluding tert-OH is 1. The summed E-state index contributed by atoms with van der Waals surface area (Å²) in [6.45, 7) is 1.53. The van der Waals surface area contributed by atoms with E-state index in [1.807, 2.05) is 0 Å². The number of hydrogen-bond donors (Lipinski definition) is 2. The lowest BCUT2D eigenvalue weighted by atomic mass is 10.1. The Bertz CT molecular complexity index is 534. The first-order valence-corrected chi connectivity index (χ1v) is 6.40. The van der Waals surface area contributed by atoms with E-state index in [1.54, 1.807) is 6.20 Å². The SMILES string of the molecule is Cc1ccc(Cc2cnc(NC(=O)CO)s2)cc1. The molecule has 1 heterocycles. The van der Waals surface area contributed by atoms with Gasteiger partial charge in [-0.2, -0.15) is 0 Å². The van der Waals surface area contributed by atoms with E-state index in [0.29, 0.717) is 5.13 Å². The van der Waals surface area contributed by atoms with E-state index in [4.69, 9.17) is 5.11 Å². The largest absolute Gasteiger partial charge is 0.387 e. The number of hydrogen-bond acceptors (Lipinski definition) is 4. The third-order valence-corrected chi connectivity index (χ3v) is 3.36. The zero-order chi connectivity index (χ0) is 13.0. The molecule has 94 valence electrons. The number of aryl methyl sites for hydroxylation is 1. The van der Waals surface area contributed by atoms with Crippen LogP contribution in [0.2, 0.25) is 0 Å². The topological polar surface area (TPSA) is 62.2 Å². The van der Waals surface area contributed by atoms with Gasteiger partial charge in [-0.15, -0.1) is 11.3 Å². The highest BCUT2D eigenvalue weighted by atomic mass is 32.1. The number of aromatic nitrogens is 1. The molecule has 0 atom stereocenters. The van der Waals surface area contributed by atoms with Crippen molar-refractivity contribution in [3.8, 4) is 0 Å². The number of anilines is 1. The Labute approximate surface area is 109 Å². The molecule has 0 spiro atoms. The van der Waals surface area contributed by atoms with Crippen LogP contribution in [-0.4, -0.2) is 22.6 Å². The van der Waals surface area contributed by atoms with E-state index in [0.717, 1.165) is 11.3 Å². The van der Waals surface area contributed by atoms with Gasteiger partial charge in [0.1, 0.15) is 6.61 Å². The highest BCUT2D eigenvalue weighted by Gasteiger charge is 2.06. The number of thiazole rings is 1. The van der Waals surface area contributed by atoms with Gasteiger partial charge in [0.25, 0.3) is 5.91 Å². The van der Waals surface area contributed by atoms with E-state index in [9.17, 15) is 4.79 Å². The van der Waals surface area contributed by atoms with E-state index in [1.165, 1.54) is 22.5 Å². The summed E-state index contributed by atoms with van der Waals surface area (Å²) in [6, 6.07) is 8.32. The standard InChI is InChI=1S/C13H14N2O2S/c1-9-2-4-10(5-3-9)6-11-7-14-13(18-11)15-12(17)8-16/h2-5,7,16H,6,8H2,1H3,(H,14,15,17). The Morgan fingerprint density at radius 3 is 2.78 bits per heavy atom. The van der Waals surface area contributed by atoms with Gasteiger partial charge in [0.2, 0.25) is 0 Å². The average molecular weight is 262 g/mol. The predicted molar refractivity (Wildman–Crippen MR) is 71.8 cm³/mol. The summed E-state index contributed by atoms with van der Waals surface area (Å²) in [7, 11) is 0. The number of nitrogens with one attached hydrogen (secondary N) is 1. The van der Waals surface area contributed by atoms with Crippen molar-refractivity contribution in [1.29, 1.82) is 0 Å². The Morgan fingerprint density at radius 1 is 1.39 bits per heavy atom. The van der Waals surface area contributed by atoms with E-state index >= 15 is 0 Å². The van der Waals surface area contributed by atoms with Gasteiger partial charge in [-0.05, 0) is 12.5 Å². The molecule has 2 N–H and O–H groups in total. The molecule has 1 aromatic carbocycles. The predicted octanol–water partition coefficient (Wildman–Crippen LogP) is 1.97. The Hall–Kier alpha value is -1.72. The van der Waals surface area contributed by atoms with Crippen molar-refractivity contribution in [2.24, 2.45) is 0 Å². The second kappa shape index (κ2) is 5.75. The van der Waals surface area contributed by atoms with Crippen LogP contribution < -0.4 is 5.32 Å². The number of carbonyl (C=O) groups is 1. The summed E-state index contributed by atoms with van der Waals surface area (Å²) in [5.74, 6) is -0.439. The fourth-order valence-corrected chi connectivity index (χ4v) is 2.38. The molecule has 0 saturated carbocycles. The van der Waals surface area contributed by atoms with Crippen LogP contribution in [0.15, 0.2) is 30.5 Å². The van der Waals surface area contributed by atoms with Crippen LogP contribution in [0.1, 0.15) is 16.0 Å². The zero-order valence-electron chi connectivity index (χ0n) is 10.0. The Morgan fingerprint density at radius 2 is 2.11 bits per heavy atom. The monoisotopic (exact) mass is 262 g/mol. The lowest BCUT2D eigenvalue weighted by Crippen LogP contribution is -2.14. The Kier molecular flexibility index (Phi) is 4.07. The molecule has 18 heavy (non-hydrogen) atoms. The number of rotatable bonds is 4. The second-order valence-corrected chi connectivity index (χ2v) is 5.12. The van der Waals surface area contributed by atoms with Gasteiger partial charge in [-0.3, -0.25) is 10.1 Å². The molecular formula is C13H14N2O2S. The maximum absolute atomic E-state index is 11.0. The maximum Gasteiger partial charge on any atom is 0.251 e. The average Bonchev–Trinajstić information content (AvgIpc) is 2.79. The van der Waals surface area contributed by atoms with Gasteiger partial charge >= 0.3 is 0 Å². The van der Waals surface area contributed by atoms with E-state index in [-0.39, 0.29) is 0 Å². The van der Waals surface area contributed by atoms with Gasteiger partial charge in [0, 0.05) is 17.5 Å². The second-order valence-electron chi connectivity index (χ2n) is 4.00. The van der Waals surface area contributed by atoms with Crippen molar-refractivity contribution in [3.05, 3.63) is 46.5 Å². The molecular weight excluding hydrogens is 248 g/mol. The molecule has 0 aliphatic rings. The van der Waals surface area contributed by atoms with Crippen LogP contribution in [0, 0.1) is 6.92 Å². The van der Waals surface area contributed by atoms with Gasteiger partial charge in [0.05, 0.1) is 0 Å². The molecule has 0 radical (unpaired) electrons. The number of nitrogens with zero attached hydrogens (tertiary/aromatic N) is 1. The molecule has 1 aromatic heterocycles. The first-order valence-electron chi connectivity index (χ1n) is 5.58. The smallest absolute Gasteiger partial charge is 0.251 e. The molecule has 4 nitrogen and oxygen atoms in total. The van der Waals surface area contributed by atoms with Crippen molar-refractivity contribution in [3.63, 3.8) is 0 Å². The lowest BCUT2D eigenvalue weighted by molar-refractivity contribution is -0.118. The zero-order valence-corrected chi connectivity index (χ0v) is 10.8. The summed E-state index contributed by atoms with van der Waals surface area (Å²) >= 11 is 1.42. The van der Waals surface area contributed by atoms with Crippen molar-refractivity contribution in [2.45, 2.75) is 13.3 Å². The first-order chi connectivity index (χ1) is 8.67. The van der Waals surface area contributed by atoms with Crippen molar-refractivity contribution in [2.75, 3.05) is 11.9 Å². The number of carbonyl (C=O) groups excluding carboxylic acids is 1. The summed E-state index contributed by atoms with van der Waals surface area (Å²) in [6.07, 6.45) is 2.55. The fraction of sp³-hybridized carbons (Fsp3) is 0.231. The van der Waals surface area contributed by atoms with Crippen LogP contribution in [0.3, 0.4) is 0 Å². The van der Waals surface area contributed by atoms with Crippen molar-refractivity contribution < 1.29 is 9.90 Å². The molecule has 2 aromatic rings. The summed E-state index contributed by atoms with van der Waals surface area (Å²) in [4.78, 5) is 16.2. The number of benzene rings is 1. The maximum atomic E-state index is 11.0. The van der Waals surface area contributed by atoms with Crippen LogP contribution in [0.25, 0.3) is 0 Å². The molecule has 2 rings (SSSR count). The molecule has 0 bridgehead atoms. The molecule has 0 aliphatic heterocycles. The van der Waals surface area contributed by atoms with E-state index < -0.39 is 12.5 Å². The highest BCUT2D eigenvalue weighted by molar-refractivity contribution is 7.15. The summed E-state index contributed by atoms with van der Waals surface area (Å²) < 4.78 is 0. The fourth-order valence-electron chi connectivity index (χ4n) is 1.51. The molecule has 0 aliphatic carbocycles. The highest BCUT2D eigenvalue weighted by Crippen LogP contribution is 2.21. The van der Waals surface area contributed by atoms with Crippen LogP contribution in [0.4, 0.5) is 5.13 Å². The quantitative estimate of drug-likeness (QED) is 0.885. The molecule has 0 saturated heterocycles. The number of aliphatic hydroxyl groups is 1. The van der Waals surface area contributed by atoms with Gasteiger partial charge in [0.15, 0.2) is 5.13 Å². The van der Waals surface area contributed by atoms with Gasteiger partial charge in [-0.1, -0.05) is 29.8 Å². The van der Waals surface area contributed by atoms with Crippen LogP contribution in [0.5, 0.6) is 0 Å². The molecule has 1 amide bonds. The van der Waals surface area contributed by atoms with Crippen LogP contribution in [-0.2, 0) is 11.2 Å². The number of amides is 1. The van der Waals surface area contributed by atoms with E-state index in [2.05, 4.69) is 41.5 Å². The molecule has 5 heteroatoms. The molecule has 0 fully saturated rings. The van der Waals surface area contributed by atoms with Crippen molar-refractivity contribution in [1.82, 2.24) is 4.98 Å². The third-order valence-electron chi connectivity index (χ3n) is 2.44. The normalized spacial score (nSPS) is 10.3. The third kappa shape index (κ3) is 3.38. The summed E-state index contributed by atoms with van der Waals surface area (Å²) in [5.41, 5.74) is 2.45. The molecule has 0 unspecified atom stereocenters. The van der Waals surface area contributed by atoms with Gasteiger partial charge < -0.3 is 5.11 Å². The van der Waals surface area contributed by atoms with Crippen molar-refractivity contribution >= 4 is 22.4 Å². The minimum absolute atomic E-state index is 0.439. The van der Waals surface area contributed by atoms with Crippen LogP contribution >= 0.6 is 11.3 Å². The lowest BCUT2D eigenvalue weighted by Gasteiger charge is -1.99. The minimum atomic E-state index is -0.521.